The highest BCUT2D eigenvalue weighted by Crippen LogP contribution is 2.44. The van der Waals surface area contributed by atoms with Crippen LogP contribution in [0.3, 0.4) is 0 Å². The molecular formula is C20H11BrS. The van der Waals surface area contributed by atoms with E-state index in [0.717, 1.165) is 0 Å². The van der Waals surface area contributed by atoms with Crippen molar-refractivity contribution in [2.75, 3.05) is 0 Å². The second kappa shape index (κ2) is 4.55. The first-order valence-corrected chi connectivity index (χ1v) is 8.85. The quantitative estimate of drug-likeness (QED) is 0.275. The van der Waals surface area contributed by atoms with Gasteiger partial charge in [-0.3, -0.25) is 0 Å². The second-order valence-corrected chi connectivity index (χ2v) is 7.37. The van der Waals surface area contributed by atoms with Crippen molar-refractivity contribution in [3.05, 3.63) is 71.2 Å². The predicted molar refractivity (Wildman–Crippen MR) is 102 cm³/mol. The van der Waals surface area contributed by atoms with Crippen LogP contribution in [0.5, 0.6) is 0 Å². The average molecular weight is 363 g/mol. The maximum atomic E-state index is 3.84. The number of thiophene rings is 1. The Morgan fingerprint density at radius 2 is 1.32 bits per heavy atom. The Morgan fingerprint density at radius 3 is 2.18 bits per heavy atom. The fourth-order valence-electron chi connectivity index (χ4n) is 3.25. The van der Waals surface area contributed by atoms with Crippen LogP contribution in [0.25, 0.3) is 41.7 Å². The van der Waals surface area contributed by atoms with Gasteiger partial charge in [-0.15, -0.1) is 11.3 Å². The van der Waals surface area contributed by atoms with Crippen molar-refractivity contribution in [2.45, 2.75) is 0 Å². The molecule has 5 rings (SSSR count). The molecule has 1 heterocycles. The summed E-state index contributed by atoms with van der Waals surface area (Å²) in [5.74, 6) is 0. The van der Waals surface area contributed by atoms with Crippen LogP contribution in [0.2, 0.25) is 0 Å². The van der Waals surface area contributed by atoms with Gasteiger partial charge in [0.05, 0.1) is 4.70 Å². The van der Waals surface area contributed by atoms with Crippen LogP contribution in [0.1, 0.15) is 0 Å². The molecule has 22 heavy (non-hydrogen) atoms. The summed E-state index contributed by atoms with van der Waals surface area (Å²) in [4.78, 5) is 0. The van der Waals surface area contributed by atoms with Crippen molar-refractivity contribution >= 4 is 69.0 Å². The maximum Gasteiger partial charge on any atom is 0.0504 e. The van der Waals surface area contributed by atoms with Gasteiger partial charge in [0, 0.05) is 19.9 Å². The summed E-state index contributed by atoms with van der Waals surface area (Å²) >= 11 is 5.72. The van der Waals surface area contributed by atoms with Crippen LogP contribution in [-0.4, -0.2) is 0 Å². The largest absolute Gasteiger partial charge is 0.133 e. The molecule has 0 spiro atoms. The molecule has 0 radical (unpaired) electrons. The minimum absolute atomic E-state index is 1.21. The number of fused-ring (bicyclic) bond motifs is 6. The lowest BCUT2D eigenvalue weighted by Gasteiger charge is -2.02. The Kier molecular flexibility index (Phi) is 2.61. The number of halogens is 1. The molecule has 2 heteroatoms. The van der Waals surface area contributed by atoms with Gasteiger partial charge >= 0.3 is 0 Å². The molecule has 104 valence electrons. The average Bonchev–Trinajstić information content (AvgIpc) is 2.95. The van der Waals surface area contributed by atoms with Gasteiger partial charge in [-0.1, -0.05) is 60.7 Å². The molecule has 5 aromatic rings. The fourth-order valence-corrected chi connectivity index (χ4v) is 5.34. The van der Waals surface area contributed by atoms with Crippen LogP contribution < -0.4 is 0 Å². The van der Waals surface area contributed by atoms with E-state index < -0.39 is 0 Å². The third kappa shape index (κ3) is 1.62. The minimum atomic E-state index is 1.21. The summed E-state index contributed by atoms with van der Waals surface area (Å²) in [5.41, 5.74) is 0. The summed E-state index contributed by atoms with van der Waals surface area (Å²) in [7, 11) is 0. The van der Waals surface area contributed by atoms with Gasteiger partial charge < -0.3 is 0 Å². The predicted octanol–water partition coefficient (Wildman–Crippen LogP) is 7.12. The third-order valence-corrected chi connectivity index (χ3v) is 6.67. The van der Waals surface area contributed by atoms with E-state index in [1.807, 2.05) is 11.3 Å². The van der Waals surface area contributed by atoms with Crippen LogP contribution >= 0.6 is 27.3 Å². The molecule has 0 atom stereocenters. The number of rotatable bonds is 0. The molecule has 0 bridgehead atoms. The van der Waals surface area contributed by atoms with E-state index in [2.05, 4.69) is 82.7 Å². The van der Waals surface area contributed by atoms with E-state index in [1.54, 1.807) is 0 Å². The molecule has 0 saturated carbocycles. The van der Waals surface area contributed by atoms with Crippen LogP contribution in [0.15, 0.2) is 71.2 Å². The molecular weight excluding hydrogens is 352 g/mol. The lowest BCUT2D eigenvalue weighted by molar-refractivity contribution is 1.79. The fraction of sp³-hybridized carbons (Fsp3) is 0. The normalized spacial score (nSPS) is 11.9. The highest BCUT2D eigenvalue weighted by molar-refractivity contribution is 9.11. The lowest BCUT2D eigenvalue weighted by Crippen LogP contribution is -1.75. The summed E-state index contributed by atoms with van der Waals surface area (Å²) in [5, 5.41) is 7.92. The SMILES string of the molecule is Brc1c2ccccc2cc2c1sc1c3ccccc3ccc21. The third-order valence-electron chi connectivity index (χ3n) is 4.31. The topological polar surface area (TPSA) is 0 Å². The highest BCUT2D eigenvalue weighted by atomic mass is 79.9. The van der Waals surface area contributed by atoms with E-state index in [0.29, 0.717) is 0 Å². The highest BCUT2D eigenvalue weighted by Gasteiger charge is 2.12. The number of hydrogen-bond donors (Lipinski definition) is 0. The molecule has 0 nitrogen and oxygen atoms in total. The zero-order valence-electron chi connectivity index (χ0n) is 11.6. The maximum absolute atomic E-state index is 3.84. The van der Waals surface area contributed by atoms with Crippen molar-refractivity contribution in [1.29, 1.82) is 0 Å². The van der Waals surface area contributed by atoms with Crippen LogP contribution in [-0.2, 0) is 0 Å². The van der Waals surface area contributed by atoms with Gasteiger partial charge in [0.2, 0.25) is 0 Å². The number of hydrogen-bond acceptors (Lipinski definition) is 1. The summed E-state index contributed by atoms with van der Waals surface area (Å²) in [6, 6.07) is 24.0. The van der Waals surface area contributed by atoms with E-state index in [4.69, 9.17) is 0 Å². The van der Waals surface area contributed by atoms with Gasteiger partial charge in [0.15, 0.2) is 0 Å². The monoisotopic (exact) mass is 362 g/mol. The standard InChI is InChI=1S/C20H11BrS/c21-18-14-7-3-2-6-13(14)11-17-16-10-9-12-5-1-4-8-15(12)19(16)22-20(17)18/h1-11H. The van der Waals surface area contributed by atoms with Gasteiger partial charge in [0.25, 0.3) is 0 Å². The Balaban J connectivity index is 2.08. The zero-order valence-corrected chi connectivity index (χ0v) is 14.0. The van der Waals surface area contributed by atoms with Crippen LogP contribution in [0.4, 0.5) is 0 Å². The van der Waals surface area contributed by atoms with Crippen LogP contribution in [0, 0.1) is 0 Å². The molecule has 4 aromatic carbocycles. The van der Waals surface area contributed by atoms with Crippen molar-refractivity contribution < 1.29 is 0 Å². The van der Waals surface area contributed by atoms with E-state index in [-0.39, 0.29) is 0 Å². The Hall–Kier alpha value is -1.90. The van der Waals surface area contributed by atoms with Gasteiger partial charge in [-0.05, 0) is 43.5 Å². The Morgan fingerprint density at radius 1 is 0.591 bits per heavy atom. The van der Waals surface area contributed by atoms with Gasteiger partial charge in [-0.2, -0.15) is 0 Å². The molecule has 0 amide bonds. The Labute approximate surface area is 140 Å². The summed E-state index contributed by atoms with van der Waals surface area (Å²) in [6.07, 6.45) is 0. The van der Waals surface area contributed by atoms with Gasteiger partial charge in [0.1, 0.15) is 0 Å². The zero-order chi connectivity index (χ0) is 14.7. The molecule has 0 fully saturated rings. The molecule has 0 aliphatic heterocycles. The summed E-state index contributed by atoms with van der Waals surface area (Å²) in [6.45, 7) is 0. The minimum Gasteiger partial charge on any atom is -0.133 e. The van der Waals surface area contributed by atoms with Crippen molar-refractivity contribution in [3.63, 3.8) is 0 Å². The first-order valence-electron chi connectivity index (χ1n) is 7.24. The smallest absolute Gasteiger partial charge is 0.0504 e. The van der Waals surface area contributed by atoms with Gasteiger partial charge in [-0.25, -0.2) is 0 Å². The molecule has 0 unspecified atom stereocenters. The first-order chi connectivity index (χ1) is 10.8. The lowest BCUT2D eigenvalue weighted by atomic mass is 10.0. The molecule has 0 saturated heterocycles. The van der Waals surface area contributed by atoms with Crippen molar-refractivity contribution in [1.82, 2.24) is 0 Å². The first kappa shape index (κ1) is 12.6. The van der Waals surface area contributed by atoms with E-state index >= 15 is 0 Å². The summed E-state index contributed by atoms with van der Waals surface area (Å²) < 4.78 is 3.93. The molecule has 0 aliphatic carbocycles. The van der Waals surface area contributed by atoms with E-state index in [1.165, 1.54) is 46.2 Å². The van der Waals surface area contributed by atoms with E-state index in [9.17, 15) is 0 Å². The number of benzene rings is 4. The Bertz CT molecular complexity index is 1180. The molecule has 0 N–H and O–H groups in total. The molecule has 1 aromatic heterocycles. The van der Waals surface area contributed by atoms with Crippen molar-refractivity contribution in [2.24, 2.45) is 0 Å². The van der Waals surface area contributed by atoms with Crippen molar-refractivity contribution in [3.8, 4) is 0 Å². The molecule has 0 aliphatic rings. The second-order valence-electron chi connectivity index (χ2n) is 5.55.